The summed E-state index contributed by atoms with van der Waals surface area (Å²) in [6.45, 7) is 7.46. The van der Waals surface area contributed by atoms with E-state index in [4.69, 9.17) is 4.42 Å². The quantitative estimate of drug-likeness (QED) is 0.872. The first-order valence-corrected chi connectivity index (χ1v) is 9.45. The van der Waals surface area contributed by atoms with Crippen LogP contribution < -0.4 is 5.32 Å². The summed E-state index contributed by atoms with van der Waals surface area (Å²) in [5, 5.41) is 4.18. The Balaban J connectivity index is 1.45. The summed E-state index contributed by atoms with van der Waals surface area (Å²) in [6, 6.07) is 3.92. The molecule has 5 nitrogen and oxygen atoms in total. The maximum Gasteiger partial charge on any atom is 0.223 e. The lowest BCUT2D eigenvalue weighted by Gasteiger charge is -2.30. The number of carbonyl (C=O) groups is 1. The first-order chi connectivity index (χ1) is 11.7. The van der Waals surface area contributed by atoms with Gasteiger partial charge in [-0.25, -0.2) is 4.98 Å². The normalized spacial score (nSPS) is 16.4. The Hall–Kier alpha value is -1.66. The molecule has 1 saturated heterocycles. The number of piperidine rings is 1. The van der Waals surface area contributed by atoms with Crippen molar-refractivity contribution in [2.24, 2.45) is 5.92 Å². The number of rotatable bonds is 6. The van der Waals surface area contributed by atoms with Gasteiger partial charge in [-0.3, -0.25) is 9.69 Å². The minimum absolute atomic E-state index is 0.122. The van der Waals surface area contributed by atoms with Crippen molar-refractivity contribution >= 4 is 17.2 Å². The summed E-state index contributed by atoms with van der Waals surface area (Å²) in [5.41, 5.74) is 1.12. The topological polar surface area (TPSA) is 58.4 Å². The molecule has 24 heavy (non-hydrogen) atoms. The summed E-state index contributed by atoms with van der Waals surface area (Å²) in [4.78, 5) is 20.5. The number of aromatic nitrogens is 1. The molecular formula is C18H25N3O2S. The van der Waals surface area contributed by atoms with E-state index in [1.165, 1.54) is 4.88 Å². The van der Waals surface area contributed by atoms with Gasteiger partial charge in [-0.15, -0.1) is 11.3 Å². The number of furan rings is 1. The molecule has 0 aromatic carbocycles. The lowest BCUT2D eigenvalue weighted by atomic mass is 9.96. The molecule has 1 fully saturated rings. The van der Waals surface area contributed by atoms with E-state index >= 15 is 0 Å². The zero-order chi connectivity index (χ0) is 16.9. The average Bonchev–Trinajstić information content (AvgIpc) is 3.22. The monoisotopic (exact) mass is 347 g/mol. The summed E-state index contributed by atoms with van der Waals surface area (Å²) in [6.07, 6.45) is 4.45. The van der Waals surface area contributed by atoms with E-state index in [1.54, 1.807) is 17.6 Å². The second kappa shape index (κ2) is 7.94. The SMILES string of the molecule is CCc1nc(C)sc1CNC(=O)C1CCN(Cc2ccco2)CC1. The van der Waals surface area contributed by atoms with Gasteiger partial charge < -0.3 is 9.73 Å². The van der Waals surface area contributed by atoms with Gasteiger partial charge in [0.2, 0.25) is 5.91 Å². The van der Waals surface area contributed by atoms with Crippen LogP contribution in [0.2, 0.25) is 0 Å². The summed E-state index contributed by atoms with van der Waals surface area (Å²) in [5.74, 6) is 1.29. The molecule has 3 heterocycles. The molecule has 0 unspecified atom stereocenters. The molecule has 0 atom stereocenters. The van der Waals surface area contributed by atoms with Crippen molar-refractivity contribution < 1.29 is 9.21 Å². The van der Waals surface area contributed by atoms with E-state index < -0.39 is 0 Å². The van der Waals surface area contributed by atoms with Gasteiger partial charge in [-0.05, 0) is 51.4 Å². The number of aryl methyl sites for hydroxylation is 2. The van der Waals surface area contributed by atoms with Crippen LogP contribution in [0.15, 0.2) is 22.8 Å². The summed E-state index contributed by atoms with van der Waals surface area (Å²) in [7, 11) is 0. The van der Waals surface area contributed by atoms with Gasteiger partial charge in [0.25, 0.3) is 0 Å². The smallest absolute Gasteiger partial charge is 0.223 e. The van der Waals surface area contributed by atoms with Crippen molar-refractivity contribution in [3.63, 3.8) is 0 Å². The van der Waals surface area contributed by atoms with Gasteiger partial charge >= 0.3 is 0 Å². The molecule has 6 heteroatoms. The van der Waals surface area contributed by atoms with E-state index in [2.05, 4.69) is 22.1 Å². The fourth-order valence-corrected chi connectivity index (χ4v) is 4.18. The lowest BCUT2D eigenvalue weighted by Crippen LogP contribution is -2.40. The molecule has 0 saturated carbocycles. The Kier molecular flexibility index (Phi) is 5.68. The highest BCUT2D eigenvalue weighted by Crippen LogP contribution is 2.21. The number of nitrogens with one attached hydrogen (secondary N) is 1. The number of thiazole rings is 1. The van der Waals surface area contributed by atoms with Crippen LogP contribution in [-0.2, 0) is 24.3 Å². The molecule has 2 aromatic heterocycles. The molecule has 1 amide bonds. The second-order valence-corrected chi connectivity index (χ2v) is 7.59. The number of hydrogen-bond donors (Lipinski definition) is 1. The average molecular weight is 347 g/mol. The van der Waals surface area contributed by atoms with Crippen LogP contribution in [0.25, 0.3) is 0 Å². The van der Waals surface area contributed by atoms with Gasteiger partial charge in [0.1, 0.15) is 5.76 Å². The molecule has 0 spiro atoms. The fourth-order valence-electron chi connectivity index (χ4n) is 3.21. The number of hydrogen-bond acceptors (Lipinski definition) is 5. The molecule has 1 aliphatic heterocycles. The van der Waals surface area contributed by atoms with Crippen molar-refractivity contribution in [3.8, 4) is 0 Å². The van der Waals surface area contributed by atoms with Crippen molar-refractivity contribution in [2.45, 2.75) is 46.2 Å². The third-order valence-electron chi connectivity index (χ3n) is 4.56. The van der Waals surface area contributed by atoms with E-state index in [-0.39, 0.29) is 11.8 Å². The van der Waals surface area contributed by atoms with Crippen molar-refractivity contribution in [1.29, 1.82) is 0 Å². The summed E-state index contributed by atoms with van der Waals surface area (Å²) < 4.78 is 5.40. The number of nitrogens with zero attached hydrogens (tertiary/aromatic N) is 2. The Morgan fingerprint density at radius 1 is 1.46 bits per heavy atom. The molecule has 3 rings (SSSR count). The minimum atomic E-state index is 0.122. The maximum atomic E-state index is 12.4. The zero-order valence-corrected chi connectivity index (χ0v) is 15.2. The molecule has 0 bridgehead atoms. The summed E-state index contributed by atoms with van der Waals surface area (Å²) >= 11 is 1.69. The van der Waals surface area contributed by atoms with E-state index in [1.807, 2.05) is 19.1 Å². The lowest BCUT2D eigenvalue weighted by molar-refractivity contribution is -0.126. The van der Waals surface area contributed by atoms with Gasteiger partial charge in [0.05, 0.1) is 30.1 Å². The predicted molar refractivity (Wildman–Crippen MR) is 94.8 cm³/mol. The Morgan fingerprint density at radius 3 is 2.92 bits per heavy atom. The third kappa shape index (κ3) is 4.24. The largest absolute Gasteiger partial charge is 0.468 e. The second-order valence-electron chi connectivity index (χ2n) is 6.30. The van der Waals surface area contributed by atoms with Gasteiger partial charge in [-0.2, -0.15) is 0 Å². The Labute approximate surface area is 147 Å². The maximum absolute atomic E-state index is 12.4. The van der Waals surface area contributed by atoms with E-state index in [0.29, 0.717) is 6.54 Å². The number of likely N-dealkylation sites (tertiary alicyclic amines) is 1. The Morgan fingerprint density at radius 2 is 2.25 bits per heavy atom. The van der Waals surface area contributed by atoms with Crippen molar-refractivity contribution in [1.82, 2.24) is 15.2 Å². The van der Waals surface area contributed by atoms with Gasteiger partial charge in [0, 0.05) is 10.8 Å². The molecule has 0 aliphatic carbocycles. The van der Waals surface area contributed by atoms with E-state index in [9.17, 15) is 4.79 Å². The number of amides is 1. The standard InChI is InChI=1S/C18H25N3O2S/c1-3-16-17(24-13(2)20-16)11-19-18(22)14-6-8-21(9-7-14)12-15-5-4-10-23-15/h4-5,10,14H,3,6-9,11-12H2,1-2H3,(H,19,22). The van der Waals surface area contributed by atoms with Gasteiger partial charge in [-0.1, -0.05) is 6.92 Å². The molecule has 0 radical (unpaired) electrons. The molecule has 2 aromatic rings. The van der Waals surface area contributed by atoms with Crippen LogP contribution in [0.5, 0.6) is 0 Å². The van der Waals surface area contributed by atoms with Crippen LogP contribution in [0, 0.1) is 12.8 Å². The first-order valence-electron chi connectivity index (χ1n) is 8.63. The predicted octanol–water partition coefficient (Wildman–Crippen LogP) is 3.14. The third-order valence-corrected chi connectivity index (χ3v) is 5.57. The van der Waals surface area contributed by atoms with Crippen molar-refractivity contribution in [2.75, 3.05) is 13.1 Å². The molecular weight excluding hydrogens is 322 g/mol. The minimum Gasteiger partial charge on any atom is -0.468 e. The van der Waals surface area contributed by atoms with Crippen LogP contribution in [0.3, 0.4) is 0 Å². The molecule has 1 N–H and O–H groups in total. The fraction of sp³-hybridized carbons (Fsp3) is 0.556. The zero-order valence-electron chi connectivity index (χ0n) is 14.4. The van der Waals surface area contributed by atoms with Crippen LogP contribution >= 0.6 is 11.3 Å². The van der Waals surface area contributed by atoms with Crippen molar-refractivity contribution in [3.05, 3.63) is 39.7 Å². The van der Waals surface area contributed by atoms with Crippen LogP contribution in [0.4, 0.5) is 0 Å². The highest BCUT2D eigenvalue weighted by molar-refractivity contribution is 7.11. The highest BCUT2D eigenvalue weighted by atomic mass is 32.1. The molecule has 130 valence electrons. The van der Waals surface area contributed by atoms with Gasteiger partial charge in [0.15, 0.2) is 0 Å². The van der Waals surface area contributed by atoms with E-state index in [0.717, 1.165) is 55.4 Å². The van der Waals surface area contributed by atoms with Crippen LogP contribution in [-0.4, -0.2) is 28.9 Å². The molecule has 1 aliphatic rings. The van der Waals surface area contributed by atoms with Crippen LogP contribution in [0.1, 0.15) is 41.1 Å². The first kappa shape index (κ1) is 17.2. The highest BCUT2D eigenvalue weighted by Gasteiger charge is 2.25. The Bertz CT molecular complexity index is 658. The number of carbonyl (C=O) groups excluding carboxylic acids is 1.